The second-order valence-corrected chi connectivity index (χ2v) is 7.64. The van der Waals surface area contributed by atoms with Crippen molar-refractivity contribution in [2.75, 3.05) is 0 Å². The zero-order valence-electron chi connectivity index (χ0n) is 17.6. The van der Waals surface area contributed by atoms with Crippen LogP contribution in [0.2, 0.25) is 0 Å². The van der Waals surface area contributed by atoms with E-state index < -0.39 is 5.97 Å². The first-order valence-electron chi connectivity index (χ1n) is 10.2. The van der Waals surface area contributed by atoms with Crippen molar-refractivity contribution in [1.82, 2.24) is 0 Å². The standard InChI is InChI=1S/C26H25NO4/c1-16-21-10-11-30-26(21)25(20-8-5-6-18(12-20)14-27)17(2)22(16)15-31-23-9-4-3-7-19(23)13-24(28)29/h3-12H,13-15,27H2,1-2H3,(H,28,29). The molecule has 0 bridgehead atoms. The molecule has 0 aliphatic carbocycles. The number of hydrogen-bond acceptors (Lipinski definition) is 4. The monoisotopic (exact) mass is 415 g/mol. The van der Waals surface area contributed by atoms with Gasteiger partial charge in [0.05, 0.1) is 12.7 Å². The summed E-state index contributed by atoms with van der Waals surface area (Å²) >= 11 is 0. The van der Waals surface area contributed by atoms with Gasteiger partial charge in [-0.1, -0.05) is 36.4 Å². The minimum atomic E-state index is -0.884. The Labute approximate surface area is 181 Å². The van der Waals surface area contributed by atoms with E-state index in [-0.39, 0.29) is 6.42 Å². The lowest BCUT2D eigenvalue weighted by atomic mass is 9.90. The van der Waals surface area contributed by atoms with Gasteiger partial charge in [0, 0.05) is 23.1 Å². The first-order chi connectivity index (χ1) is 15.0. The molecule has 0 atom stereocenters. The summed E-state index contributed by atoms with van der Waals surface area (Å²) in [5, 5.41) is 10.2. The van der Waals surface area contributed by atoms with E-state index in [1.807, 2.05) is 36.4 Å². The topological polar surface area (TPSA) is 85.7 Å². The number of benzene rings is 3. The van der Waals surface area contributed by atoms with Crippen molar-refractivity contribution < 1.29 is 19.1 Å². The second-order valence-electron chi connectivity index (χ2n) is 7.64. The smallest absolute Gasteiger partial charge is 0.307 e. The Hall–Kier alpha value is -3.57. The lowest BCUT2D eigenvalue weighted by Crippen LogP contribution is -2.06. The number of para-hydroxylation sites is 1. The molecule has 0 fully saturated rings. The quantitative estimate of drug-likeness (QED) is 0.423. The van der Waals surface area contributed by atoms with Crippen LogP contribution in [0.1, 0.15) is 27.8 Å². The number of rotatable bonds is 7. The average Bonchev–Trinajstić information content (AvgIpc) is 3.24. The van der Waals surface area contributed by atoms with E-state index in [0.717, 1.165) is 44.3 Å². The van der Waals surface area contributed by atoms with Crippen LogP contribution in [0.5, 0.6) is 5.75 Å². The number of carboxylic acids is 1. The summed E-state index contributed by atoms with van der Waals surface area (Å²) in [6.07, 6.45) is 1.63. The number of carboxylic acid groups (broad SMARTS) is 1. The summed E-state index contributed by atoms with van der Waals surface area (Å²) in [6.45, 7) is 4.93. The zero-order chi connectivity index (χ0) is 22.0. The molecule has 158 valence electrons. The van der Waals surface area contributed by atoms with Gasteiger partial charge in [0.25, 0.3) is 0 Å². The van der Waals surface area contributed by atoms with Crippen LogP contribution in [0, 0.1) is 13.8 Å². The van der Waals surface area contributed by atoms with E-state index in [0.29, 0.717) is 24.5 Å². The van der Waals surface area contributed by atoms with Gasteiger partial charge in [-0.2, -0.15) is 0 Å². The van der Waals surface area contributed by atoms with Crippen LogP contribution in [0.25, 0.3) is 22.1 Å². The molecule has 1 aromatic heterocycles. The van der Waals surface area contributed by atoms with Crippen molar-refractivity contribution in [2.24, 2.45) is 5.73 Å². The molecule has 5 nitrogen and oxygen atoms in total. The molecule has 5 heteroatoms. The molecule has 0 saturated heterocycles. The van der Waals surface area contributed by atoms with Gasteiger partial charge < -0.3 is 20.0 Å². The molecule has 4 aromatic rings. The highest BCUT2D eigenvalue weighted by atomic mass is 16.5. The summed E-state index contributed by atoms with van der Waals surface area (Å²) in [5.41, 5.74) is 13.7. The molecule has 1 heterocycles. The molecule has 0 unspecified atom stereocenters. The number of nitrogens with two attached hydrogens (primary N) is 1. The molecular formula is C26H25NO4. The molecule has 0 saturated carbocycles. The van der Waals surface area contributed by atoms with E-state index in [4.69, 9.17) is 14.9 Å². The largest absolute Gasteiger partial charge is 0.489 e. The van der Waals surface area contributed by atoms with Crippen molar-refractivity contribution in [3.8, 4) is 16.9 Å². The lowest BCUT2D eigenvalue weighted by molar-refractivity contribution is -0.136. The summed E-state index contributed by atoms with van der Waals surface area (Å²) < 4.78 is 12.0. The summed E-state index contributed by atoms with van der Waals surface area (Å²) in [6, 6.07) is 17.4. The minimum absolute atomic E-state index is 0.0773. The van der Waals surface area contributed by atoms with E-state index in [1.54, 1.807) is 12.3 Å². The van der Waals surface area contributed by atoms with Crippen LogP contribution in [-0.2, 0) is 24.4 Å². The Balaban J connectivity index is 1.78. The van der Waals surface area contributed by atoms with Gasteiger partial charge in [0.15, 0.2) is 0 Å². The number of carbonyl (C=O) groups is 1. The average molecular weight is 415 g/mol. The molecule has 0 aliphatic heterocycles. The molecule has 3 aromatic carbocycles. The van der Waals surface area contributed by atoms with Gasteiger partial charge in [0.2, 0.25) is 0 Å². The van der Waals surface area contributed by atoms with Crippen molar-refractivity contribution >= 4 is 16.9 Å². The molecule has 0 radical (unpaired) electrons. The fourth-order valence-electron chi connectivity index (χ4n) is 4.08. The fourth-order valence-corrected chi connectivity index (χ4v) is 4.08. The number of aliphatic carboxylic acids is 1. The maximum absolute atomic E-state index is 11.2. The third kappa shape index (κ3) is 4.05. The van der Waals surface area contributed by atoms with Gasteiger partial charge in [-0.15, -0.1) is 0 Å². The first-order valence-corrected chi connectivity index (χ1v) is 10.2. The third-order valence-electron chi connectivity index (χ3n) is 5.71. The predicted molar refractivity (Wildman–Crippen MR) is 121 cm³/mol. The summed E-state index contributed by atoms with van der Waals surface area (Å²) in [7, 11) is 0. The third-order valence-corrected chi connectivity index (χ3v) is 5.71. The fraction of sp³-hybridized carbons (Fsp3) is 0.192. The number of ether oxygens (including phenoxy) is 1. The number of aryl methyl sites for hydroxylation is 1. The van der Waals surface area contributed by atoms with E-state index in [9.17, 15) is 9.90 Å². The molecular weight excluding hydrogens is 390 g/mol. The molecule has 0 amide bonds. The van der Waals surface area contributed by atoms with Crippen LogP contribution in [0.15, 0.2) is 65.3 Å². The molecule has 4 rings (SSSR count). The van der Waals surface area contributed by atoms with Gasteiger partial charge in [0.1, 0.15) is 17.9 Å². The van der Waals surface area contributed by atoms with Gasteiger partial charge in [-0.05, 0) is 59.9 Å². The van der Waals surface area contributed by atoms with Gasteiger partial charge in [-0.25, -0.2) is 0 Å². The number of fused-ring (bicyclic) bond motifs is 1. The highest BCUT2D eigenvalue weighted by molar-refractivity contribution is 5.97. The summed E-state index contributed by atoms with van der Waals surface area (Å²) in [4.78, 5) is 11.2. The van der Waals surface area contributed by atoms with Crippen LogP contribution < -0.4 is 10.5 Å². The van der Waals surface area contributed by atoms with Crippen LogP contribution in [0.4, 0.5) is 0 Å². The van der Waals surface area contributed by atoms with Crippen LogP contribution in [0.3, 0.4) is 0 Å². The van der Waals surface area contributed by atoms with E-state index >= 15 is 0 Å². The normalized spacial score (nSPS) is 11.1. The lowest BCUT2D eigenvalue weighted by Gasteiger charge is -2.18. The van der Waals surface area contributed by atoms with Gasteiger partial charge >= 0.3 is 5.97 Å². The van der Waals surface area contributed by atoms with Crippen molar-refractivity contribution in [3.05, 3.63) is 88.7 Å². The Kier molecular flexibility index (Phi) is 5.78. The number of hydrogen-bond donors (Lipinski definition) is 2. The molecule has 0 spiro atoms. The van der Waals surface area contributed by atoms with Crippen LogP contribution >= 0.6 is 0 Å². The minimum Gasteiger partial charge on any atom is -0.489 e. The van der Waals surface area contributed by atoms with Crippen molar-refractivity contribution in [2.45, 2.75) is 33.4 Å². The zero-order valence-corrected chi connectivity index (χ0v) is 17.6. The van der Waals surface area contributed by atoms with Gasteiger partial charge in [-0.3, -0.25) is 4.79 Å². The molecule has 31 heavy (non-hydrogen) atoms. The maximum Gasteiger partial charge on any atom is 0.307 e. The summed E-state index contributed by atoms with van der Waals surface area (Å²) in [5.74, 6) is -0.298. The second kappa shape index (κ2) is 8.66. The van der Waals surface area contributed by atoms with Crippen molar-refractivity contribution in [1.29, 1.82) is 0 Å². The number of furan rings is 1. The van der Waals surface area contributed by atoms with E-state index in [2.05, 4.69) is 26.0 Å². The first kappa shape index (κ1) is 20.7. The van der Waals surface area contributed by atoms with Crippen molar-refractivity contribution in [3.63, 3.8) is 0 Å². The van der Waals surface area contributed by atoms with Crippen LogP contribution in [-0.4, -0.2) is 11.1 Å². The molecule has 0 aliphatic rings. The Morgan fingerprint density at radius 3 is 2.65 bits per heavy atom. The Morgan fingerprint density at radius 1 is 1.06 bits per heavy atom. The highest BCUT2D eigenvalue weighted by Gasteiger charge is 2.19. The predicted octanol–water partition coefficient (Wildman–Crippen LogP) is 5.38. The molecule has 3 N–H and O–H groups in total. The highest BCUT2D eigenvalue weighted by Crippen LogP contribution is 2.38. The SMILES string of the molecule is Cc1c(COc2ccccc2CC(=O)O)c(C)c2ccoc2c1-c1cccc(CN)c1. The van der Waals surface area contributed by atoms with E-state index in [1.165, 1.54) is 0 Å². The maximum atomic E-state index is 11.2. The Morgan fingerprint density at radius 2 is 1.87 bits per heavy atom. The Bertz CT molecular complexity index is 1260.